The van der Waals surface area contributed by atoms with E-state index in [1.165, 1.54) is 40.4 Å². The van der Waals surface area contributed by atoms with E-state index in [1.54, 1.807) is 52.6 Å². The molecule has 3 heterocycles. The number of amides is 2. The molecule has 3 aromatic rings. The number of carbonyl (C=O) groups is 3. The lowest BCUT2D eigenvalue weighted by molar-refractivity contribution is 0.0689. The first-order valence-electron chi connectivity index (χ1n) is 23.0. The van der Waals surface area contributed by atoms with Crippen molar-refractivity contribution >= 4 is 346 Å². The minimum absolute atomic E-state index is 0.0585. The first-order chi connectivity index (χ1) is 35.0. The first kappa shape index (κ1) is 75.4. The fraction of sp³-hybridized carbons (Fsp3) is 0.182. The van der Waals surface area contributed by atoms with Gasteiger partial charge in [-0.1, -0.05) is 6.07 Å². The summed E-state index contributed by atoms with van der Waals surface area (Å²) in [5.41, 5.74) is 1.06. The van der Waals surface area contributed by atoms with E-state index in [9.17, 15) is 14.4 Å². The summed E-state index contributed by atoms with van der Waals surface area (Å²) in [4.78, 5) is 47.2. The molecule has 0 aliphatic carbocycles. The quantitative estimate of drug-likeness (QED) is 0.0833. The average molecular weight is 1060 g/mol. The monoisotopic (exact) mass is 1060 g/mol. The second-order valence-corrected chi connectivity index (χ2v) is 20.1. The third-order valence-corrected chi connectivity index (χ3v) is 12.9. The Kier molecular flexibility index (Phi) is 36.5. The molecule has 76 heavy (non-hydrogen) atoms. The number of carboxylic acid groups (broad SMARTS) is 1. The van der Waals surface area contributed by atoms with E-state index in [0.29, 0.717) is 5.69 Å². The molecule has 11 nitrogen and oxygen atoms in total. The number of carboxylic acids is 1. The van der Waals surface area contributed by atoms with Crippen molar-refractivity contribution in [1.29, 1.82) is 0 Å². The number of hydrogen-bond donors (Lipinski definition) is 3. The number of rotatable bonds is 22. The summed E-state index contributed by atoms with van der Waals surface area (Å²) >= 11 is 6.38. The Hall–Kier alpha value is -0.598. The second kappa shape index (κ2) is 36.8. The van der Waals surface area contributed by atoms with Gasteiger partial charge in [0, 0.05) is 345 Å². The van der Waals surface area contributed by atoms with Crippen molar-refractivity contribution in [2.75, 3.05) is 28.2 Å². The molecule has 0 atom stereocenters. The molecule has 3 N–H and O–H groups in total. The van der Waals surface area contributed by atoms with Crippen LogP contribution >= 0.6 is 31.9 Å². The Balaban J connectivity index is 0.00000124. The molecular weight excluding hydrogens is 1030 g/mol. The van der Waals surface area contributed by atoms with Gasteiger partial charge in [0.15, 0.2) is 0 Å². The number of hydrogen-bond acceptors (Lipinski definition) is 8. The van der Waals surface area contributed by atoms with Gasteiger partial charge in [0.25, 0.3) is 11.8 Å². The van der Waals surface area contributed by atoms with Gasteiger partial charge in [0.1, 0.15) is 17.1 Å². The largest absolute Gasteiger partial charge is 0.490 e. The summed E-state index contributed by atoms with van der Waals surface area (Å²) in [6.07, 6.45) is -17.4. The maximum absolute atomic E-state index is 11.4. The van der Waals surface area contributed by atoms with Crippen molar-refractivity contribution in [1.82, 2.24) is 24.8 Å². The van der Waals surface area contributed by atoms with Crippen LogP contribution in [0.4, 0.5) is 0 Å². The maximum Gasteiger partial charge on any atom is 0.490 e. The van der Waals surface area contributed by atoms with Crippen molar-refractivity contribution in [2.45, 2.75) is 0 Å². The van der Waals surface area contributed by atoms with E-state index in [2.05, 4.69) is 46.8 Å². The molecule has 3 aromatic heterocycles. The molecule has 0 spiro atoms. The molecule has 0 unspecified atom stereocenters. The normalized spacial score (nSPS) is 9.58. The molecule has 0 saturated carbocycles. The number of halogens is 2. The summed E-state index contributed by atoms with van der Waals surface area (Å²) in [5, 5.41) is 26.0. The molecular formula is C22H24B41Br2N5O6. The summed E-state index contributed by atoms with van der Waals surface area (Å²) in [7, 11) is 136. The summed E-state index contributed by atoms with van der Waals surface area (Å²) in [6.45, 7) is 0. The molecule has 0 aliphatic rings. The van der Waals surface area contributed by atoms with Gasteiger partial charge in [-0.25, -0.2) is 14.8 Å². The molecule has 310 valence electrons. The molecule has 42 radical (unpaired) electrons. The van der Waals surface area contributed by atoms with E-state index in [1.807, 2.05) is 0 Å². The van der Waals surface area contributed by atoms with Crippen LogP contribution in [0.25, 0.3) is 0 Å². The van der Waals surface area contributed by atoms with Gasteiger partial charge in [-0.15, -0.1) is 0 Å². The SMILES string of the molecule is CN(C)C(=O)c1ccc(B(O)O)cn1.CN(C)C(=O)c1ccc(Br)cn1.O=C(O)c1ccc(Br)cn1.[B]B([B])B([B])B(B([B])[B])B(B(B(B([B])[B])B([B])[B])B(B([B])[B])B([B])[B])B(B(B([B])[B])B([B])[B])B(B([B])[B])B([B])[B]. The zero-order valence-electron chi connectivity index (χ0n) is 42.9. The van der Waals surface area contributed by atoms with E-state index in [0.717, 1.165) is 8.95 Å². The van der Waals surface area contributed by atoms with Gasteiger partial charge in [0.2, 0.25) is 0 Å². The van der Waals surface area contributed by atoms with Crippen molar-refractivity contribution in [3.8, 4) is 0 Å². The highest BCUT2D eigenvalue weighted by atomic mass is 79.9. The molecule has 0 bridgehead atoms. The van der Waals surface area contributed by atoms with E-state index < -0.39 is 134 Å². The third-order valence-electron chi connectivity index (χ3n) is 12.0. The van der Waals surface area contributed by atoms with Crippen LogP contribution in [0.3, 0.4) is 0 Å². The van der Waals surface area contributed by atoms with E-state index in [-0.39, 0.29) is 28.7 Å². The topological polar surface area (TPSA) is 157 Å². The smallest absolute Gasteiger partial charge is 0.477 e. The summed E-state index contributed by atoms with van der Waals surface area (Å²) < 4.78 is 1.65. The fourth-order valence-corrected chi connectivity index (χ4v) is 9.03. The number of carbonyl (C=O) groups excluding carboxylic acids is 2. The first-order valence-corrected chi connectivity index (χ1v) is 24.6. The van der Waals surface area contributed by atoms with Crippen LogP contribution < -0.4 is 5.46 Å². The average Bonchev–Trinajstić information content (AvgIpc) is 3.29. The third kappa shape index (κ3) is 24.5. The zero-order chi connectivity index (χ0) is 59.4. The van der Waals surface area contributed by atoms with Gasteiger partial charge in [-0.05, 0) is 62.2 Å². The maximum atomic E-state index is 11.4. The summed E-state index contributed by atoms with van der Waals surface area (Å²) in [6, 6.07) is 9.46. The van der Waals surface area contributed by atoms with Crippen LogP contribution in [0, 0.1) is 0 Å². The highest BCUT2D eigenvalue weighted by Crippen LogP contribution is 2.19. The summed E-state index contributed by atoms with van der Waals surface area (Å²) in [5.74, 6) is -1.31. The molecule has 54 heteroatoms. The Labute approximate surface area is 505 Å². The number of aromatic nitrogens is 3. The predicted molar refractivity (Wildman–Crippen MR) is 371 cm³/mol. The molecule has 0 aliphatic heterocycles. The molecule has 0 aromatic carbocycles. The van der Waals surface area contributed by atoms with E-state index in [4.69, 9.17) is 178 Å². The minimum atomic E-state index is -1.55. The Morgan fingerprint density at radius 1 is 0.395 bits per heavy atom. The lowest BCUT2D eigenvalue weighted by atomic mass is 8.27. The van der Waals surface area contributed by atoms with Gasteiger partial charge in [0.05, 0.1) is 0 Å². The van der Waals surface area contributed by atoms with Crippen molar-refractivity contribution in [3.05, 3.63) is 81.0 Å². The highest BCUT2D eigenvalue weighted by molar-refractivity contribution is 9.10. The minimum Gasteiger partial charge on any atom is -0.477 e. The standard InChI is InChI=1S/C8H11BN2O3.C8H9BrN2O.C6H4BrNO2.B40/c1-11(2)8(12)7-4-3-6(5-10-7)9(13)14;1-11(2)8(12)7-4-3-6(9)5-10-7;7-4-1-2-5(6(9)10)8-3-4;1-22(2)32(21)37(31(19)20)40(38(33(23(3)4)24(5)6)34(25(7)8)26(9)10)39(35(27(11)12)28(13)14)36(29(15)16)30(17)18/h3-5,13-14H,1-2H3;3-5H,1-2H3;1-3H,(H,9,10);. The van der Waals surface area contributed by atoms with Crippen LogP contribution in [0.5, 0.6) is 0 Å². The van der Waals surface area contributed by atoms with Gasteiger partial charge in [-0.3, -0.25) is 14.6 Å². The second-order valence-electron chi connectivity index (χ2n) is 18.2. The van der Waals surface area contributed by atoms with Crippen LogP contribution in [0.1, 0.15) is 31.5 Å². The molecule has 2 amide bonds. The zero-order valence-corrected chi connectivity index (χ0v) is 46.1. The Morgan fingerprint density at radius 2 is 0.658 bits per heavy atom. The molecule has 3 rings (SSSR count). The van der Waals surface area contributed by atoms with E-state index >= 15 is 0 Å². The van der Waals surface area contributed by atoms with Crippen LogP contribution in [0.2, 0.25) is 0 Å². The van der Waals surface area contributed by atoms with Gasteiger partial charge >= 0.3 is 13.1 Å². The molecule has 0 saturated heterocycles. The van der Waals surface area contributed by atoms with Crippen molar-refractivity contribution < 1.29 is 29.5 Å². The van der Waals surface area contributed by atoms with Crippen LogP contribution in [-0.2, 0) is 0 Å². The van der Waals surface area contributed by atoms with Gasteiger partial charge in [-0.2, -0.15) is 0 Å². The number of aromatic carboxylic acids is 1. The Bertz CT molecular complexity index is 2030. The predicted octanol–water partition coefficient (Wildman–Crippen LogP) is -13.7. The van der Waals surface area contributed by atoms with Crippen molar-refractivity contribution in [2.24, 2.45) is 0 Å². The van der Waals surface area contributed by atoms with Gasteiger partial charge < -0.3 is 25.0 Å². The lowest BCUT2D eigenvalue weighted by Gasteiger charge is -2.54. The number of nitrogens with zero attached hydrogens (tertiary/aromatic N) is 5. The lowest BCUT2D eigenvalue weighted by Crippen LogP contribution is -2.92. The Morgan fingerprint density at radius 3 is 0.855 bits per heavy atom. The van der Waals surface area contributed by atoms with Crippen LogP contribution in [-0.4, -0.2) is 377 Å². The van der Waals surface area contributed by atoms with Crippen molar-refractivity contribution in [3.63, 3.8) is 0 Å². The molecule has 0 fully saturated rings. The van der Waals surface area contributed by atoms with Crippen LogP contribution in [0.15, 0.2) is 63.9 Å². The number of pyridine rings is 3. The highest BCUT2D eigenvalue weighted by Gasteiger charge is 2.57. The fourth-order valence-electron chi connectivity index (χ4n) is 8.56.